The normalized spacial score (nSPS) is 19.8. The lowest BCUT2D eigenvalue weighted by Crippen LogP contribution is -2.41. The Balaban J connectivity index is 1.36. The monoisotopic (exact) mass is 492 g/mol. The fourth-order valence-electron chi connectivity index (χ4n) is 6.43. The van der Waals surface area contributed by atoms with Crippen molar-refractivity contribution in [3.8, 4) is 11.5 Å². The summed E-state index contributed by atoms with van der Waals surface area (Å²) in [7, 11) is 0. The molecule has 9 nitrogen and oxygen atoms in total. The van der Waals surface area contributed by atoms with Crippen molar-refractivity contribution in [2.24, 2.45) is 0 Å². The highest BCUT2D eigenvalue weighted by atomic mass is 16.7. The molecular weight excluding hydrogens is 456 g/mol. The highest BCUT2D eigenvalue weighted by Gasteiger charge is 2.33. The Kier molecular flexibility index (Phi) is 6.65. The number of aromatic amines is 1. The van der Waals surface area contributed by atoms with Crippen LogP contribution in [0.25, 0.3) is 10.9 Å². The summed E-state index contributed by atoms with van der Waals surface area (Å²) >= 11 is 0. The van der Waals surface area contributed by atoms with E-state index >= 15 is 0 Å². The predicted molar refractivity (Wildman–Crippen MR) is 136 cm³/mol. The second kappa shape index (κ2) is 10.2. The van der Waals surface area contributed by atoms with Gasteiger partial charge in [0, 0.05) is 29.6 Å². The molecular formula is C27H36N6O3. The van der Waals surface area contributed by atoms with Crippen LogP contribution in [0.2, 0.25) is 0 Å². The van der Waals surface area contributed by atoms with Crippen LogP contribution >= 0.6 is 0 Å². The fraction of sp³-hybridized carbons (Fsp3) is 0.630. The molecule has 36 heavy (non-hydrogen) atoms. The first-order valence-electron chi connectivity index (χ1n) is 13.7. The van der Waals surface area contributed by atoms with Gasteiger partial charge in [0.15, 0.2) is 17.3 Å². The van der Waals surface area contributed by atoms with E-state index in [-0.39, 0.29) is 18.4 Å². The summed E-state index contributed by atoms with van der Waals surface area (Å²) in [6, 6.07) is 6.68. The van der Waals surface area contributed by atoms with E-state index in [1.54, 1.807) is 0 Å². The molecule has 2 aromatic heterocycles. The number of ether oxygens (including phenoxy) is 2. The topological polar surface area (TPSA) is 98.2 Å². The molecule has 0 radical (unpaired) electrons. The van der Waals surface area contributed by atoms with Crippen molar-refractivity contribution < 1.29 is 9.47 Å². The first-order valence-corrected chi connectivity index (χ1v) is 13.7. The number of pyridine rings is 1. The first-order chi connectivity index (χ1) is 17.7. The lowest BCUT2D eigenvalue weighted by Gasteiger charge is -2.39. The molecule has 9 heteroatoms. The smallest absolute Gasteiger partial charge is 0.252 e. The summed E-state index contributed by atoms with van der Waals surface area (Å²) in [6.07, 6.45) is 13.0. The van der Waals surface area contributed by atoms with Crippen LogP contribution in [0.5, 0.6) is 11.5 Å². The zero-order chi connectivity index (χ0) is 24.5. The quantitative estimate of drug-likeness (QED) is 0.494. The third kappa shape index (κ3) is 4.49. The number of aromatic nitrogens is 5. The molecule has 0 unspecified atom stereocenters. The van der Waals surface area contributed by atoms with Gasteiger partial charge >= 0.3 is 0 Å². The molecule has 1 aliphatic heterocycles. The van der Waals surface area contributed by atoms with Crippen LogP contribution in [0, 0.1) is 0 Å². The number of fused-ring (bicyclic) bond motifs is 2. The van der Waals surface area contributed by atoms with Gasteiger partial charge in [-0.3, -0.25) is 9.69 Å². The van der Waals surface area contributed by atoms with Crippen LogP contribution in [0.15, 0.2) is 23.0 Å². The van der Waals surface area contributed by atoms with Crippen molar-refractivity contribution in [3.05, 3.63) is 39.9 Å². The maximum Gasteiger partial charge on any atom is 0.252 e. The van der Waals surface area contributed by atoms with Gasteiger partial charge in [0.05, 0.1) is 17.6 Å². The number of hydrogen-bond donors (Lipinski definition) is 1. The summed E-state index contributed by atoms with van der Waals surface area (Å²) in [5, 5.41) is 14.1. The zero-order valence-electron chi connectivity index (χ0n) is 21.1. The average Bonchev–Trinajstić information content (AvgIpc) is 3.58. The largest absolute Gasteiger partial charge is 0.454 e. The Bertz CT molecular complexity index is 1260. The van der Waals surface area contributed by atoms with E-state index in [1.165, 1.54) is 38.5 Å². The van der Waals surface area contributed by atoms with Gasteiger partial charge < -0.3 is 14.5 Å². The van der Waals surface area contributed by atoms with E-state index in [1.807, 2.05) is 18.2 Å². The number of tetrazole rings is 1. The van der Waals surface area contributed by atoms with Gasteiger partial charge in [-0.15, -0.1) is 5.10 Å². The highest BCUT2D eigenvalue weighted by molar-refractivity contribution is 5.83. The number of nitrogens with zero attached hydrogens (tertiary/aromatic N) is 5. The van der Waals surface area contributed by atoms with Crippen LogP contribution in [-0.2, 0) is 6.54 Å². The molecule has 192 valence electrons. The maximum absolute atomic E-state index is 13.3. The van der Waals surface area contributed by atoms with Crippen LogP contribution in [-0.4, -0.2) is 42.9 Å². The minimum atomic E-state index is -0.0519. The number of benzene rings is 1. The second-order valence-corrected chi connectivity index (χ2v) is 10.6. The summed E-state index contributed by atoms with van der Waals surface area (Å²) in [5.41, 5.74) is 1.48. The molecule has 2 fully saturated rings. The number of nitrogens with one attached hydrogen (secondary N) is 1. The Morgan fingerprint density at radius 2 is 1.75 bits per heavy atom. The number of hydrogen-bond acceptors (Lipinski definition) is 7. The highest BCUT2D eigenvalue weighted by Crippen LogP contribution is 2.37. The van der Waals surface area contributed by atoms with Crippen LogP contribution in [0.1, 0.15) is 101 Å². The van der Waals surface area contributed by atoms with Crippen molar-refractivity contribution >= 4 is 10.9 Å². The van der Waals surface area contributed by atoms with Crippen molar-refractivity contribution in [3.63, 3.8) is 0 Å². The first kappa shape index (κ1) is 23.5. The second-order valence-electron chi connectivity index (χ2n) is 10.6. The van der Waals surface area contributed by atoms with E-state index in [2.05, 4.69) is 37.0 Å². The fourth-order valence-corrected chi connectivity index (χ4v) is 6.43. The molecule has 3 aromatic rings. The lowest BCUT2D eigenvalue weighted by atomic mass is 9.91. The molecule has 1 atom stereocenters. The Morgan fingerprint density at radius 1 is 1.03 bits per heavy atom. The predicted octanol–water partition coefficient (Wildman–Crippen LogP) is 5.03. The zero-order valence-corrected chi connectivity index (χ0v) is 21.1. The van der Waals surface area contributed by atoms with E-state index in [9.17, 15) is 4.79 Å². The van der Waals surface area contributed by atoms with Gasteiger partial charge in [-0.2, -0.15) is 0 Å². The molecule has 1 N–H and O–H groups in total. The number of rotatable bonds is 7. The van der Waals surface area contributed by atoms with E-state index in [0.717, 1.165) is 60.1 Å². The number of H-pyrrole nitrogens is 1. The van der Waals surface area contributed by atoms with Crippen LogP contribution in [0.3, 0.4) is 0 Å². The summed E-state index contributed by atoms with van der Waals surface area (Å²) in [4.78, 5) is 18.9. The van der Waals surface area contributed by atoms with Gasteiger partial charge in [0.2, 0.25) is 6.79 Å². The van der Waals surface area contributed by atoms with E-state index in [4.69, 9.17) is 9.47 Å². The molecule has 3 aliphatic rings. The average molecular weight is 493 g/mol. The van der Waals surface area contributed by atoms with Crippen molar-refractivity contribution in [1.82, 2.24) is 30.1 Å². The van der Waals surface area contributed by atoms with Crippen LogP contribution < -0.4 is 15.0 Å². The van der Waals surface area contributed by atoms with Gasteiger partial charge in [-0.1, -0.05) is 45.4 Å². The summed E-state index contributed by atoms with van der Waals surface area (Å²) < 4.78 is 13.2. The minimum absolute atomic E-state index is 0.0519. The Hall–Kier alpha value is -2.94. The summed E-state index contributed by atoms with van der Waals surface area (Å²) in [5.74, 6) is 2.36. The van der Waals surface area contributed by atoms with Gasteiger partial charge in [0.1, 0.15) is 0 Å². The molecule has 0 saturated heterocycles. The molecule has 3 heterocycles. The Morgan fingerprint density at radius 3 is 2.50 bits per heavy atom. The Labute approximate surface area is 211 Å². The van der Waals surface area contributed by atoms with E-state index in [0.29, 0.717) is 24.4 Å². The molecule has 2 aliphatic carbocycles. The van der Waals surface area contributed by atoms with E-state index < -0.39 is 0 Å². The third-order valence-electron chi connectivity index (χ3n) is 8.33. The molecule has 0 amide bonds. The molecule has 2 saturated carbocycles. The lowest BCUT2D eigenvalue weighted by molar-refractivity contribution is 0.0821. The van der Waals surface area contributed by atoms with Gasteiger partial charge in [-0.05, 0) is 54.7 Å². The molecule has 6 rings (SSSR count). The van der Waals surface area contributed by atoms with Gasteiger partial charge in [0.25, 0.3) is 5.56 Å². The molecule has 0 bridgehead atoms. The molecule has 0 spiro atoms. The third-order valence-corrected chi connectivity index (χ3v) is 8.33. The maximum atomic E-state index is 13.3. The van der Waals surface area contributed by atoms with Crippen molar-refractivity contribution in [2.45, 2.75) is 102 Å². The summed E-state index contributed by atoms with van der Waals surface area (Å²) in [6.45, 7) is 3.00. The minimum Gasteiger partial charge on any atom is -0.454 e. The molecule has 1 aromatic carbocycles. The SMILES string of the molecule is CC[C@@H](c1nnnn1C1CCCCC1)N(Cc1cc2cc3c(cc2[nH]c1=O)OCO3)C1CCCCC1. The van der Waals surface area contributed by atoms with Gasteiger partial charge in [-0.25, -0.2) is 4.68 Å². The standard InChI is InChI=1S/C27H36N6O3/c1-2-23(26-29-30-31-33(26)21-11-7-4-8-12-21)32(20-9-5-3-6-10-20)16-19-13-18-14-24-25(36-17-35-24)15-22(18)28-27(19)34/h13-15,20-21,23H,2-12,16-17H2,1H3,(H,28,34)/t23-/m0/s1. The van der Waals surface area contributed by atoms with Crippen LogP contribution in [0.4, 0.5) is 0 Å². The van der Waals surface area contributed by atoms with Crippen molar-refractivity contribution in [2.75, 3.05) is 6.79 Å². The van der Waals surface area contributed by atoms with Crippen molar-refractivity contribution in [1.29, 1.82) is 0 Å².